The van der Waals surface area contributed by atoms with Crippen molar-refractivity contribution in [3.63, 3.8) is 0 Å². The van der Waals surface area contributed by atoms with E-state index in [1.807, 2.05) is 50.0 Å². The summed E-state index contributed by atoms with van der Waals surface area (Å²) in [6, 6.07) is 8.10. The van der Waals surface area contributed by atoms with Crippen LogP contribution in [0.15, 0.2) is 24.3 Å². The Morgan fingerprint density at radius 1 is 1.20 bits per heavy atom. The molecule has 0 unspecified atom stereocenters. The van der Waals surface area contributed by atoms with Gasteiger partial charge >= 0.3 is 0 Å². The van der Waals surface area contributed by atoms with Crippen LogP contribution in [0.4, 0.5) is 0 Å². The molecule has 1 aromatic carbocycles. The first-order valence-electron chi connectivity index (χ1n) is 8.76. The van der Waals surface area contributed by atoms with Crippen molar-refractivity contribution < 1.29 is 5.11 Å². The highest BCUT2D eigenvalue weighted by molar-refractivity contribution is 5.75. The lowest BCUT2D eigenvalue weighted by Crippen LogP contribution is -2.43. The van der Waals surface area contributed by atoms with E-state index < -0.39 is 0 Å². The van der Waals surface area contributed by atoms with Gasteiger partial charge in [-0.3, -0.25) is 0 Å². The number of fused-ring (bicyclic) bond motifs is 1. The number of nitrogens with one attached hydrogen (secondary N) is 1. The highest BCUT2D eigenvalue weighted by Gasteiger charge is 2.34. The van der Waals surface area contributed by atoms with Gasteiger partial charge in [-0.1, -0.05) is 12.1 Å². The van der Waals surface area contributed by atoms with E-state index in [4.69, 9.17) is 4.98 Å². The topological polar surface area (TPSA) is 82.9 Å². The monoisotopic (exact) mass is 340 g/mol. The van der Waals surface area contributed by atoms with Crippen LogP contribution in [0.1, 0.15) is 36.8 Å². The van der Waals surface area contributed by atoms with Crippen molar-refractivity contribution in [3.8, 4) is 5.95 Å². The number of aromatic amines is 1. The van der Waals surface area contributed by atoms with Gasteiger partial charge in [-0.15, -0.1) is 5.10 Å². The number of benzene rings is 1. The Kier molecular flexibility index (Phi) is 4.05. The molecule has 0 radical (unpaired) electrons. The minimum absolute atomic E-state index is 0.139. The summed E-state index contributed by atoms with van der Waals surface area (Å²) in [7, 11) is 4.04. The largest absolute Gasteiger partial charge is 0.391 e. The second kappa shape index (κ2) is 6.24. The fourth-order valence-corrected chi connectivity index (χ4v) is 3.81. The summed E-state index contributed by atoms with van der Waals surface area (Å²) < 4.78 is 1.84. The van der Waals surface area contributed by atoms with Gasteiger partial charge < -0.3 is 15.0 Å². The predicted octanol–water partition coefficient (Wildman–Crippen LogP) is 2.01. The molecule has 1 fully saturated rings. The van der Waals surface area contributed by atoms with Crippen LogP contribution in [0.2, 0.25) is 0 Å². The predicted molar refractivity (Wildman–Crippen MR) is 95.8 cm³/mol. The minimum atomic E-state index is -0.282. The van der Waals surface area contributed by atoms with Crippen LogP contribution in [0.3, 0.4) is 0 Å². The molecule has 0 amide bonds. The first kappa shape index (κ1) is 16.2. The SMILES string of the molecule is Cc1nc([C@H]2CC[C@@H](O)[C@H](N(C)C)C2)n(-c2nc3ccccc3[nH]2)n1. The second-order valence-corrected chi connectivity index (χ2v) is 7.11. The van der Waals surface area contributed by atoms with Crippen molar-refractivity contribution in [2.45, 2.75) is 44.2 Å². The zero-order chi connectivity index (χ0) is 17.6. The number of hydrogen-bond acceptors (Lipinski definition) is 5. The maximum absolute atomic E-state index is 10.3. The summed E-state index contributed by atoms with van der Waals surface area (Å²) in [5.74, 6) is 2.62. The number of nitrogens with zero attached hydrogens (tertiary/aromatic N) is 5. The Balaban J connectivity index is 1.71. The summed E-state index contributed by atoms with van der Waals surface area (Å²) in [5.41, 5.74) is 1.91. The summed E-state index contributed by atoms with van der Waals surface area (Å²) in [5, 5.41) is 14.9. The molecular weight excluding hydrogens is 316 g/mol. The number of para-hydroxylation sites is 2. The van der Waals surface area contributed by atoms with Gasteiger partial charge in [-0.2, -0.15) is 4.68 Å². The maximum Gasteiger partial charge on any atom is 0.230 e. The van der Waals surface area contributed by atoms with E-state index in [0.717, 1.165) is 41.9 Å². The van der Waals surface area contributed by atoms with Crippen molar-refractivity contribution in [2.75, 3.05) is 14.1 Å². The molecule has 0 aliphatic heterocycles. The zero-order valence-corrected chi connectivity index (χ0v) is 14.8. The third-order valence-electron chi connectivity index (χ3n) is 5.13. The van der Waals surface area contributed by atoms with Crippen LogP contribution in [-0.4, -0.2) is 61.0 Å². The average Bonchev–Trinajstić information content (AvgIpc) is 3.18. The van der Waals surface area contributed by atoms with E-state index in [-0.39, 0.29) is 18.1 Å². The van der Waals surface area contributed by atoms with Crippen molar-refractivity contribution in [1.82, 2.24) is 29.6 Å². The van der Waals surface area contributed by atoms with Crippen molar-refractivity contribution in [1.29, 1.82) is 0 Å². The molecule has 7 nitrogen and oxygen atoms in total. The molecular formula is C18H24N6O. The van der Waals surface area contributed by atoms with Crippen molar-refractivity contribution >= 4 is 11.0 Å². The Morgan fingerprint density at radius 2 is 2.00 bits per heavy atom. The molecule has 3 aromatic rings. The lowest BCUT2D eigenvalue weighted by Gasteiger charge is -2.36. The Bertz CT molecular complexity index is 850. The summed E-state index contributed by atoms with van der Waals surface area (Å²) in [6.45, 7) is 1.91. The number of rotatable bonds is 3. The van der Waals surface area contributed by atoms with E-state index in [1.165, 1.54) is 0 Å². The first-order chi connectivity index (χ1) is 12.0. The van der Waals surface area contributed by atoms with E-state index in [9.17, 15) is 5.11 Å². The number of H-pyrrole nitrogens is 1. The molecule has 132 valence electrons. The number of imidazole rings is 1. The van der Waals surface area contributed by atoms with Gasteiger partial charge in [0, 0.05) is 12.0 Å². The van der Waals surface area contributed by atoms with Crippen LogP contribution in [0.5, 0.6) is 0 Å². The van der Waals surface area contributed by atoms with E-state index in [0.29, 0.717) is 5.95 Å². The minimum Gasteiger partial charge on any atom is -0.391 e. The van der Waals surface area contributed by atoms with Gasteiger partial charge in [0.1, 0.15) is 11.6 Å². The Morgan fingerprint density at radius 3 is 2.76 bits per heavy atom. The zero-order valence-electron chi connectivity index (χ0n) is 14.8. The van der Waals surface area contributed by atoms with Crippen LogP contribution < -0.4 is 0 Å². The molecule has 0 saturated heterocycles. The van der Waals surface area contributed by atoms with Gasteiger partial charge in [-0.25, -0.2) is 9.97 Å². The van der Waals surface area contributed by atoms with Crippen LogP contribution in [-0.2, 0) is 0 Å². The van der Waals surface area contributed by atoms with Gasteiger partial charge in [0.05, 0.1) is 17.1 Å². The molecule has 2 N–H and O–H groups in total. The second-order valence-electron chi connectivity index (χ2n) is 7.11. The smallest absolute Gasteiger partial charge is 0.230 e. The molecule has 7 heteroatoms. The van der Waals surface area contributed by atoms with Crippen LogP contribution in [0, 0.1) is 6.92 Å². The number of aromatic nitrogens is 5. The lowest BCUT2D eigenvalue weighted by atomic mass is 9.82. The van der Waals surface area contributed by atoms with Gasteiger partial charge in [0.25, 0.3) is 0 Å². The standard InChI is InChI=1S/C18H24N6O/c1-11-19-17(12-8-9-16(25)15(10-12)23(2)3)24(22-11)18-20-13-6-4-5-7-14(13)21-18/h4-7,12,15-16,25H,8-10H2,1-3H3,(H,20,21)/t12-,15+,16+/m0/s1. The van der Waals surface area contributed by atoms with Gasteiger partial charge in [0.15, 0.2) is 0 Å². The molecule has 1 saturated carbocycles. The van der Waals surface area contributed by atoms with Crippen molar-refractivity contribution in [3.05, 3.63) is 35.9 Å². The highest BCUT2D eigenvalue weighted by atomic mass is 16.3. The number of likely N-dealkylation sites (N-methyl/N-ethyl adjacent to an activating group) is 1. The van der Waals surface area contributed by atoms with Crippen LogP contribution in [0.25, 0.3) is 17.0 Å². The highest BCUT2D eigenvalue weighted by Crippen LogP contribution is 2.34. The summed E-state index contributed by atoms with van der Waals surface area (Å²) in [6.07, 6.45) is 2.27. The molecule has 0 spiro atoms. The quantitative estimate of drug-likeness (QED) is 0.762. The van der Waals surface area contributed by atoms with Gasteiger partial charge in [0.2, 0.25) is 5.95 Å². The van der Waals surface area contributed by atoms with E-state index >= 15 is 0 Å². The Labute approximate surface area is 146 Å². The molecule has 2 aromatic heterocycles. The molecule has 1 aliphatic rings. The summed E-state index contributed by atoms with van der Waals surface area (Å²) in [4.78, 5) is 14.8. The molecule has 2 heterocycles. The molecule has 3 atom stereocenters. The average molecular weight is 340 g/mol. The van der Waals surface area contributed by atoms with E-state index in [2.05, 4.69) is 20.0 Å². The molecule has 0 bridgehead atoms. The van der Waals surface area contributed by atoms with Crippen LogP contribution >= 0.6 is 0 Å². The normalized spacial score (nSPS) is 24.3. The van der Waals surface area contributed by atoms with Crippen molar-refractivity contribution in [2.24, 2.45) is 0 Å². The number of hydrogen-bond donors (Lipinski definition) is 2. The maximum atomic E-state index is 10.3. The first-order valence-corrected chi connectivity index (χ1v) is 8.76. The third-order valence-corrected chi connectivity index (χ3v) is 5.13. The summed E-state index contributed by atoms with van der Waals surface area (Å²) >= 11 is 0. The van der Waals surface area contributed by atoms with Gasteiger partial charge in [-0.05, 0) is 52.4 Å². The third kappa shape index (κ3) is 2.94. The number of aryl methyl sites for hydroxylation is 1. The van der Waals surface area contributed by atoms with E-state index in [1.54, 1.807) is 0 Å². The fourth-order valence-electron chi connectivity index (χ4n) is 3.81. The Hall–Kier alpha value is -2.25. The molecule has 25 heavy (non-hydrogen) atoms. The number of aliphatic hydroxyl groups is 1. The molecule has 4 rings (SSSR count). The lowest BCUT2D eigenvalue weighted by molar-refractivity contribution is 0.0352. The molecule has 1 aliphatic carbocycles. The number of aliphatic hydroxyl groups excluding tert-OH is 1. The fraction of sp³-hybridized carbons (Fsp3) is 0.500.